The number of hydrogen-bond donors (Lipinski definition) is 1. The number of carbonyl (C=O) groups excluding carboxylic acids is 2. The molecule has 0 radical (unpaired) electrons. The lowest BCUT2D eigenvalue weighted by atomic mass is 9.92. The number of amides is 2. The zero-order valence-electron chi connectivity index (χ0n) is 15.3. The van der Waals surface area contributed by atoms with Crippen molar-refractivity contribution in [2.75, 3.05) is 25.0 Å². The van der Waals surface area contributed by atoms with Gasteiger partial charge >= 0.3 is 0 Å². The molecule has 2 amide bonds. The molecule has 3 atom stereocenters. The van der Waals surface area contributed by atoms with Crippen LogP contribution in [0.15, 0.2) is 48.8 Å². The molecule has 0 aliphatic carbocycles. The molecular formula is C21H23N3O3. The lowest BCUT2D eigenvalue weighted by Gasteiger charge is -2.20. The van der Waals surface area contributed by atoms with Gasteiger partial charge in [-0.15, -0.1) is 0 Å². The van der Waals surface area contributed by atoms with E-state index in [-0.39, 0.29) is 29.8 Å². The lowest BCUT2D eigenvalue weighted by molar-refractivity contribution is -0.131. The normalized spacial score (nSPS) is 23.9. The minimum Gasteiger partial charge on any atom is -0.375 e. The van der Waals surface area contributed by atoms with Gasteiger partial charge in [-0.3, -0.25) is 14.6 Å². The minimum absolute atomic E-state index is 0.0450. The van der Waals surface area contributed by atoms with Crippen LogP contribution in [0, 0.1) is 18.8 Å². The average molecular weight is 365 g/mol. The first-order chi connectivity index (χ1) is 13.1. The second kappa shape index (κ2) is 7.48. The van der Waals surface area contributed by atoms with Gasteiger partial charge in [0.05, 0.1) is 36.9 Å². The lowest BCUT2D eigenvalue weighted by Crippen LogP contribution is -2.34. The molecule has 2 saturated heterocycles. The summed E-state index contributed by atoms with van der Waals surface area (Å²) in [6.45, 7) is 3.56. The van der Waals surface area contributed by atoms with E-state index in [4.69, 9.17) is 4.74 Å². The summed E-state index contributed by atoms with van der Waals surface area (Å²) >= 11 is 0. The van der Waals surface area contributed by atoms with E-state index in [0.29, 0.717) is 31.8 Å². The Morgan fingerprint density at radius 3 is 2.78 bits per heavy atom. The summed E-state index contributed by atoms with van der Waals surface area (Å²) in [5, 5.41) is 2.90. The van der Waals surface area contributed by atoms with Crippen molar-refractivity contribution in [2.45, 2.75) is 19.4 Å². The quantitative estimate of drug-likeness (QED) is 0.900. The number of anilines is 1. The van der Waals surface area contributed by atoms with E-state index in [1.54, 1.807) is 18.5 Å². The van der Waals surface area contributed by atoms with Crippen LogP contribution in [0.4, 0.5) is 5.69 Å². The summed E-state index contributed by atoms with van der Waals surface area (Å²) in [5.41, 5.74) is 2.86. The van der Waals surface area contributed by atoms with Gasteiger partial charge in [0.2, 0.25) is 11.8 Å². The molecule has 6 heteroatoms. The van der Waals surface area contributed by atoms with Crippen LogP contribution >= 0.6 is 0 Å². The van der Waals surface area contributed by atoms with Crippen molar-refractivity contribution in [1.82, 2.24) is 9.88 Å². The molecule has 1 N–H and O–H groups in total. The molecule has 140 valence electrons. The fourth-order valence-electron chi connectivity index (χ4n) is 3.85. The Morgan fingerprint density at radius 2 is 2.04 bits per heavy atom. The van der Waals surface area contributed by atoms with Crippen molar-refractivity contribution < 1.29 is 14.3 Å². The third kappa shape index (κ3) is 3.85. The van der Waals surface area contributed by atoms with Gasteiger partial charge in [0, 0.05) is 25.2 Å². The van der Waals surface area contributed by atoms with Crippen molar-refractivity contribution in [3.63, 3.8) is 0 Å². The monoisotopic (exact) mass is 365 g/mol. The molecule has 0 bridgehead atoms. The SMILES string of the molecule is Cc1ccc(CC(=O)N2C[C@H]3[C@@H](C2)OC[C@H]3C(=O)Nc2cccnc2)cc1. The van der Waals surface area contributed by atoms with Crippen molar-refractivity contribution in [1.29, 1.82) is 0 Å². The van der Waals surface area contributed by atoms with Crippen LogP contribution in [0.5, 0.6) is 0 Å². The predicted octanol–water partition coefficient (Wildman–Crippen LogP) is 2.04. The fourth-order valence-corrected chi connectivity index (χ4v) is 3.85. The Bertz CT molecular complexity index is 822. The van der Waals surface area contributed by atoms with E-state index >= 15 is 0 Å². The number of nitrogens with zero attached hydrogens (tertiary/aromatic N) is 2. The van der Waals surface area contributed by atoms with Crippen molar-refractivity contribution in [3.05, 3.63) is 59.9 Å². The Kier molecular flexibility index (Phi) is 4.90. The van der Waals surface area contributed by atoms with Crippen LogP contribution in [-0.4, -0.2) is 47.5 Å². The number of carbonyl (C=O) groups is 2. The number of fused-ring (bicyclic) bond motifs is 1. The van der Waals surface area contributed by atoms with E-state index in [2.05, 4.69) is 10.3 Å². The molecule has 0 spiro atoms. The van der Waals surface area contributed by atoms with Gasteiger partial charge in [-0.05, 0) is 24.6 Å². The number of benzene rings is 1. The largest absolute Gasteiger partial charge is 0.375 e. The number of rotatable bonds is 4. The first kappa shape index (κ1) is 17.7. The van der Waals surface area contributed by atoms with E-state index in [0.717, 1.165) is 5.56 Å². The molecule has 2 fully saturated rings. The summed E-state index contributed by atoms with van der Waals surface area (Å²) in [4.78, 5) is 31.1. The molecule has 3 heterocycles. The van der Waals surface area contributed by atoms with Gasteiger partial charge in [0.25, 0.3) is 0 Å². The zero-order valence-corrected chi connectivity index (χ0v) is 15.3. The Labute approximate surface area is 158 Å². The molecule has 4 rings (SSSR count). The van der Waals surface area contributed by atoms with E-state index in [1.165, 1.54) is 5.56 Å². The number of aromatic nitrogens is 1. The topological polar surface area (TPSA) is 71.5 Å². The Balaban J connectivity index is 1.37. The summed E-state index contributed by atoms with van der Waals surface area (Å²) in [7, 11) is 0. The Hall–Kier alpha value is -2.73. The van der Waals surface area contributed by atoms with Crippen LogP contribution in [0.1, 0.15) is 11.1 Å². The first-order valence-corrected chi connectivity index (χ1v) is 9.26. The Morgan fingerprint density at radius 1 is 1.22 bits per heavy atom. The van der Waals surface area contributed by atoms with Gasteiger partial charge < -0.3 is 15.0 Å². The maximum Gasteiger partial charge on any atom is 0.230 e. The molecular weight excluding hydrogens is 342 g/mol. The van der Waals surface area contributed by atoms with E-state index < -0.39 is 0 Å². The number of nitrogens with one attached hydrogen (secondary N) is 1. The van der Waals surface area contributed by atoms with Crippen molar-refractivity contribution in [2.24, 2.45) is 11.8 Å². The summed E-state index contributed by atoms with van der Waals surface area (Å²) in [5.74, 6) is -0.178. The van der Waals surface area contributed by atoms with E-state index in [1.807, 2.05) is 42.2 Å². The number of likely N-dealkylation sites (tertiary alicyclic amines) is 1. The highest BCUT2D eigenvalue weighted by Crippen LogP contribution is 2.34. The maximum absolute atomic E-state index is 12.7. The molecule has 1 aromatic carbocycles. The minimum atomic E-state index is -0.243. The molecule has 1 aromatic heterocycles. The van der Waals surface area contributed by atoms with Crippen molar-refractivity contribution in [3.8, 4) is 0 Å². The molecule has 27 heavy (non-hydrogen) atoms. The highest BCUT2D eigenvalue weighted by molar-refractivity contribution is 5.93. The van der Waals surface area contributed by atoms with Gasteiger partial charge in [-0.25, -0.2) is 0 Å². The number of ether oxygens (including phenoxy) is 1. The highest BCUT2D eigenvalue weighted by Gasteiger charge is 2.47. The predicted molar refractivity (Wildman–Crippen MR) is 101 cm³/mol. The molecule has 6 nitrogen and oxygen atoms in total. The van der Waals surface area contributed by atoms with Gasteiger partial charge in [-0.1, -0.05) is 29.8 Å². The summed E-state index contributed by atoms with van der Waals surface area (Å²) in [6.07, 6.45) is 3.61. The highest BCUT2D eigenvalue weighted by atomic mass is 16.5. The second-order valence-corrected chi connectivity index (χ2v) is 7.33. The molecule has 2 aromatic rings. The van der Waals surface area contributed by atoms with Gasteiger partial charge in [0.1, 0.15) is 0 Å². The van der Waals surface area contributed by atoms with Crippen LogP contribution in [0.3, 0.4) is 0 Å². The maximum atomic E-state index is 12.7. The van der Waals surface area contributed by atoms with Gasteiger partial charge in [0.15, 0.2) is 0 Å². The van der Waals surface area contributed by atoms with Crippen LogP contribution in [0.2, 0.25) is 0 Å². The first-order valence-electron chi connectivity index (χ1n) is 9.26. The molecule has 0 unspecified atom stereocenters. The van der Waals surface area contributed by atoms with Crippen LogP contribution in [0.25, 0.3) is 0 Å². The standard InChI is InChI=1S/C21H23N3O3/c1-14-4-6-15(7-5-14)9-20(25)24-11-17-18(13-27-19(17)12-24)21(26)23-16-3-2-8-22-10-16/h2-8,10,17-19H,9,11-13H2,1H3,(H,23,26)/t17-,18-,19-/m1/s1. The third-order valence-electron chi connectivity index (χ3n) is 5.41. The number of hydrogen-bond acceptors (Lipinski definition) is 4. The second-order valence-electron chi connectivity index (χ2n) is 7.33. The fraction of sp³-hybridized carbons (Fsp3) is 0.381. The van der Waals surface area contributed by atoms with Gasteiger partial charge in [-0.2, -0.15) is 0 Å². The van der Waals surface area contributed by atoms with Crippen LogP contribution in [-0.2, 0) is 20.7 Å². The zero-order chi connectivity index (χ0) is 18.8. The summed E-state index contributed by atoms with van der Waals surface area (Å²) < 4.78 is 5.82. The number of aryl methyl sites for hydroxylation is 1. The third-order valence-corrected chi connectivity index (χ3v) is 5.41. The number of pyridine rings is 1. The summed E-state index contributed by atoms with van der Waals surface area (Å²) in [6, 6.07) is 11.6. The molecule has 0 saturated carbocycles. The van der Waals surface area contributed by atoms with E-state index in [9.17, 15) is 9.59 Å². The smallest absolute Gasteiger partial charge is 0.230 e. The molecule has 2 aliphatic rings. The van der Waals surface area contributed by atoms with Crippen molar-refractivity contribution >= 4 is 17.5 Å². The average Bonchev–Trinajstić information content (AvgIpc) is 3.25. The van der Waals surface area contributed by atoms with Crippen LogP contribution < -0.4 is 5.32 Å². The molecule has 2 aliphatic heterocycles.